The summed E-state index contributed by atoms with van der Waals surface area (Å²) in [7, 11) is 0. The minimum atomic E-state index is 0.465. The van der Waals surface area contributed by atoms with Crippen molar-refractivity contribution in [3.05, 3.63) is 35.8 Å². The van der Waals surface area contributed by atoms with Crippen molar-refractivity contribution >= 4 is 11.4 Å². The molecule has 2 N–H and O–H groups in total. The highest BCUT2D eigenvalue weighted by Gasteiger charge is 2.00. The molecule has 0 saturated carbocycles. The number of anilines is 1. The highest BCUT2D eigenvalue weighted by Crippen LogP contribution is 2.17. The van der Waals surface area contributed by atoms with Crippen molar-refractivity contribution in [1.29, 1.82) is 0 Å². The molecule has 0 amide bonds. The van der Waals surface area contributed by atoms with Crippen LogP contribution >= 0.6 is 0 Å². The topological polar surface area (TPSA) is 51.8 Å². The van der Waals surface area contributed by atoms with Crippen LogP contribution < -0.4 is 5.73 Å². The van der Waals surface area contributed by atoms with Crippen LogP contribution in [0.4, 0.5) is 5.82 Å². The van der Waals surface area contributed by atoms with Gasteiger partial charge in [0, 0.05) is 0 Å². The molecule has 0 spiro atoms. The second-order valence-corrected chi connectivity index (χ2v) is 5.20. The lowest BCUT2D eigenvalue weighted by atomic mass is 10.1. The van der Waals surface area contributed by atoms with Gasteiger partial charge in [-0.25, -0.2) is 4.98 Å². The molecule has 0 aliphatic rings. The first-order valence-electron chi connectivity index (χ1n) is 9.61. The van der Waals surface area contributed by atoms with Gasteiger partial charge in [0.05, 0.1) is 18.1 Å². The predicted molar refractivity (Wildman–Crippen MR) is 110 cm³/mol. The molecule has 1 rings (SSSR count). The summed E-state index contributed by atoms with van der Waals surface area (Å²) in [5.74, 6) is 0.465. The van der Waals surface area contributed by atoms with Crippen LogP contribution in [0.15, 0.2) is 30.1 Å². The van der Waals surface area contributed by atoms with Gasteiger partial charge in [0.2, 0.25) is 0 Å². The van der Waals surface area contributed by atoms with Crippen molar-refractivity contribution in [2.45, 2.75) is 87.0 Å². The SMILES string of the molecule is CC.CC.CCCCCC/C(C)=C/C=C(\CC)c1cnc(N)cn1. The second kappa shape index (κ2) is 17.7. The van der Waals surface area contributed by atoms with Crippen LogP contribution in [-0.2, 0) is 0 Å². The van der Waals surface area contributed by atoms with Crippen molar-refractivity contribution in [3.63, 3.8) is 0 Å². The van der Waals surface area contributed by atoms with E-state index in [0.29, 0.717) is 5.82 Å². The fourth-order valence-corrected chi connectivity index (χ4v) is 2.04. The normalized spacial score (nSPS) is 11.1. The van der Waals surface area contributed by atoms with E-state index in [-0.39, 0.29) is 0 Å². The van der Waals surface area contributed by atoms with Crippen LogP contribution in [0.25, 0.3) is 5.57 Å². The molecular weight excluding hydrogens is 294 g/mol. The average molecular weight is 334 g/mol. The summed E-state index contributed by atoms with van der Waals surface area (Å²) in [6.45, 7) is 14.6. The van der Waals surface area contributed by atoms with Gasteiger partial charge in [0.1, 0.15) is 5.82 Å². The number of aromatic nitrogens is 2. The smallest absolute Gasteiger partial charge is 0.141 e. The number of nitrogens with two attached hydrogens (primary N) is 1. The van der Waals surface area contributed by atoms with E-state index in [9.17, 15) is 0 Å². The summed E-state index contributed by atoms with van der Waals surface area (Å²) < 4.78 is 0. The first kappa shape index (κ1) is 24.6. The average Bonchev–Trinajstić information content (AvgIpc) is 2.64. The van der Waals surface area contributed by atoms with Crippen molar-refractivity contribution in [2.75, 3.05) is 5.73 Å². The Morgan fingerprint density at radius 2 is 1.62 bits per heavy atom. The summed E-state index contributed by atoms with van der Waals surface area (Å²) in [5.41, 5.74) is 9.10. The summed E-state index contributed by atoms with van der Waals surface area (Å²) in [5, 5.41) is 0. The second-order valence-electron chi connectivity index (χ2n) is 5.20. The van der Waals surface area contributed by atoms with Crippen LogP contribution in [0, 0.1) is 0 Å². The van der Waals surface area contributed by atoms with Crippen LogP contribution in [0.1, 0.15) is 92.7 Å². The summed E-state index contributed by atoms with van der Waals surface area (Å²) in [4.78, 5) is 8.43. The van der Waals surface area contributed by atoms with E-state index in [1.54, 1.807) is 12.4 Å². The monoisotopic (exact) mass is 333 g/mol. The number of rotatable bonds is 8. The molecule has 0 atom stereocenters. The highest BCUT2D eigenvalue weighted by molar-refractivity contribution is 5.63. The van der Waals surface area contributed by atoms with Gasteiger partial charge in [-0.15, -0.1) is 0 Å². The van der Waals surface area contributed by atoms with E-state index in [1.807, 2.05) is 27.7 Å². The fourth-order valence-electron chi connectivity index (χ4n) is 2.04. The summed E-state index contributed by atoms with van der Waals surface area (Å²) >= 11 is 0. The Hall–Kier alpha value is -1.64. The zero-order valence-corrected chi connectivity index (χ0v) is 17.0. The molecule has 0 aromatic carbocycles. The van der Waals surface area contributed by atoms with Gasteiger partial charge in [-0.2, -0.15) is 0 Å². The lowest BCUT2D eigenvalue weighted by Crippen LogP contribution is -1.95. The van der Waals surface area contributed by atoms with Gasteiger partial charge in [0.25, 0.3) is 0 Å². The number of unbranched alkanes of at least 4 members (excludes halogenated alkanes) is 3. The van der Waals surface area contributed by atoms with Crippen molar-refractivity contribution in [1.82, 2.24) is 9.97 Å². The maximum Gasteiger partial charge on any atom is 0.141 e. The molecule has 24 heavy (non-hydrogen) atoms. The van der Waals surface area contributed by atoms with Crippen LogP contribution in [0.3, 0.4) is 0 Å². The first-order chi connectivity index (χ1) is 11.7. The molecule has 0 radical (unpaired) electrons. The van der Waals surface area contributed by atoms with Gasteiger partial charge in [-0.3, -0.25) is 4.98 Å². The lowest BCUT2D eigenvalue weighted by molar-refractivity contribution is 0.664. The maximum atomic E-state index is 5.56. The molecule has 3 nitrogen and oxygen atoms in total. The molecule has 0 saturated heterocycles. The Morgan fingerprint density at radius 3 is 2.12 bits per heavy atom. The minimum Gasteiger partial charge on any atom is -0.382 e. The van der Waals surface area contributed by atoms with Gasteiger partial charge >= 0.3 is 0 Å². The lowest BCUT2D eigenvalue weighted by Gasteiger charge is -2.04. The quantitative estimate of drug-likeness (QED) is 0.419. The molecule has 1 heterocycles. The van der Waals surface area contributed by atoms with E-state index in [4.69, 9.17) is 5.73 Å². The number of nitrogen functional groups attached to an aromatic ring is 1. The van der Waals surface area contributed by atoms with Crippen molar-refractivity contribution in [2.24, 2.45) is 0 Å². The largest absolute Gasteiger partial charge is 0.382 e. The van der Waals surface area contributed by atoms with Crippen LogP contribution in [0.5, 0.6) is 0 Å². The van der Waals surface area contributed by atoms with Crippen LogP contribution in [0.2, 0.25) is 0 Å². The van der Waals surface area contributed by atoms with E-state index >= 15 is 0 Å². The molecule has 0 aliphatic heterocycles. The van der Waals surface area contributed by atoms with Gasteiger partial charge in [-0.1, -0.05) is 78.5 Å². The van der Waals surface area contributed by atoms with Crippen molar-refractivity contribution in [3.8, 4) is 0 Å². The maximum absolute atomic E-state index is 5.56. The molecule has 1 aromatic heterocycles. The summed E-state index contributed by atoms with van der Waals surface area (Å²) in [6.07, 6.45) is 15.1. The summed E-state index contributed by atoms with van der Waals surface area (Å²) in [6, 6.07) is 0. The zero-order valence-electron chi connectivity index (χ0n) is 17.0. The molecule has 1 aromatic rings. The van der Waals surface area contributed by atoms with Gasteiger partial charge in [-0.05, 0) is 31.8 Å². The third kappa shape index (κ3) is 11.9. The molecule has 0 bridgehead atoms. The fraction of sp³-hybridized carbons (Fsp3) is 0.619. The van der Waals surface area contributed by atoms with Crippen LogP contribution in [-0.4, -0.2) is 9.97 Å². The molecule has 3 heteroatoms. The third-order valence-corrected chi connectivity index (χ3v) is 3.38. The van der Waals surface area contributed by atoms with E-state index < -0.39 is 0 Å². The number of allylic oxidation sites excluding steroid dienone is 4. The molecule has 138 valence electrons. The van der Waals surface area contributed by atoms with E-state index in [0.717, 1.165) is 12.1 Å². The molecule has 0 fully saturated rings. The Morgan fingerprint density at radius 1 is 0.958 bits per heavy atom. The Kier molecular flexibility index (Phi) is 18.2. The number of nitrogens with zero attached hydrogens (tertiary/aromatic N) is 2. The van der Waals surface area contributed by atoms with Gasteiger partial charge < -0.3 is 5.73 Å². The first-order valence-corrected chi connectivity index (χ1v) is 9.61. The molecular formula is C21H39N3. The molecule has 0 aliphatic carbocycles. The molecule has 0 unspecified atom stereocenters. The number of hydrogen-bond donors (Lipinski definition) is 1. The highest BCUT2D eigenvalue weighted by atomic mass is 14.9. The Labute approximate surface area is 150 Å². The Balaban J connectivity index is 0. The van der Waals surface area contributed by atoms with E-state index in [2.05, 4.69) is 42.9 Å². The number of hydrogen-bond acceptors (Lipinski definition) is 3. The van der Waals surface area contributed by atoms with Gasteiger partial charge in [0.15, 0.2) is 0 Å². The van der Waals surface area contributed by atoms with E-state index in [1.165, 1.54) is 43.3 Å². The Bertz CT molecular complexity index is 445. The standard InChI is InChI=1S/C17H27N3.2C2H6/c1-4-6-7-8-9-14(3)10-11-15(5-2)16-12-20-17(18)13-19-16;2*1-2/h10-13H,4-9H2,1-3H3,(H2,18,20);2*1-2H3/b14-10+,15-11+;;. The minimum absolute atomic E-state index is 0.465. The predicted octanol–water partition coefficient (Wildman–Crippen LogP) is 6.82. The zero-order chi connectivity index (χ0) is 18.8. The van der Waals surface area contributed by atoms with Crippen molar-refractivity contribution < 1.29 is 0 Å². The third-order valence-electron chi connectivity index (χ3n) is 3.38.